The molecule has 0 spiro atoms. The van der Waals surface area contributed by atoms with Gasteiger partial charge in [0.05, 0.1) is 0 Å². The van der Waals surface area contributed by atoms with Crippen LogP contribution in [0, 0.1) is 5.82 Å². The van der Waals surface area contributed by atoms with Gasteiger partial charge in [0.1, 0.15) is 5.82 Å². The molecule has 2 aromatic rings. The van der Waals surface area contributed by atoms with E-state index in [-0.39, 0.29) is 17.4 Å². The lowest BCUT2D eigenvalue weighted by molar-refractivity contribution is -0.110. The van der Waals surface area contributed by atoms with E-state index < -0.39 is 5.91 Å². The Morgan fingerprint density at radius 3 is 2.50 bits per heavy atom. The number of anilines is 1. The van der Waals surface area contributed by atoms with E-state index in [1.54, 1.807) is 18.2 Å². The molecule has 2 N–H and O–H groups in total. The molecule has 0 aliphatic rings. The summed E-state index contributed by atoms with van der Waals surface area (Å²) in [5, 5.41) is 6.43. The molecule has 3 nitrogen and oxygen atoms in total. The van der Waals surface area contributed by atoms with Crippen LogP contribution in [0.5, 0.6) is 0 Å². The quantitative estimate of drug-likeness (QED) is 0.810. The molecular weight excluding hydrogens is 346 g/mol. The van der Waals surface area contributed by atoms with Crippen LogP contribution in [0.4, 0.5) is 10.1 Å². The van der Waals surface area contributed by atoms with Crippen molar-refractivity contribution in [2.75, 3.05) is 5.32 Å². The van der Waals surface area contributed by atoms with Crippen molar-refractivity contribution in [3.63, 3.8) is 0 Å². The number of benzene rings is 2. The maximum Gasteiger partial charge on any atom is 0.283 e. The molecule has 2 aromatic carbocycles. The SMILES string of the molecule is O=C(Nc1ccc(F)cc1)C(=S)NCc1cc(Cl)ccc1Cl. The Hall–Kier alpha value is -1.69. The first-order valence-corrected chi connectivity index (χ1v) is 7.41. The smallest absolute Gasteiger partial charge is 0.283 e. The highest BCUT2D eigenvalue weighted by Gasteiger charge is 2.10. The van der Waals surface area contributed by atoms with Gasteiger partial charge >= 0.3 is 0 Å². The average Bonchev–Trinajstić information content (AvgIpc) is 2.50. The van der Waals surface area contributed by atoms with Crippen LogP contribution in [-0.4, -0.2) is 10.9 Å². The second kappa shape index (κ2) is 7.54. The van der Waals surface area contributed by atoms with Gasteiger partial charge in [0, 0.05) is 22.3 Å². The van der Waals surface area contributed by atoms with Gasteiger partial charge in [-0.3, -0.25) is 4.79 Å². The van der Waals surface area contributed by atoms with Crippen molar-refractivity contribution in [1.29, 1.82) is 0 Å². The molecule has 0 heterocycles. The lowest BCUT2D eigenvalue weighted by Crippen LogP contribution is -2.33. The topological polar surface area (TPSA) is 41.1 Å². The van der Waals surface area contributed by atoms with Crippen LogP contribution in [-0.2, 0) is 11.3 Å². The minimum atomic E-state index is -0.486. The fourth-order valence-electron chi connectivity index (χ4n) is 1.66. The summed E-state index contributed by atoms with van der Waals surface area (Å²) >= 11 is 16.9. The summed E-state index contributed by atoms with van der Waals surface area (Å²) in [5.41, 5.74) is 1.18. The lowest BCUT2D eigenvalue weighted by atomic mass is 10.2. The first-order valence-electron chi connectivity index (χ1n) is 6.24. The van der Waals surface area contributed by atoms with E-state index in [4.69, 9.17) is 35.4 Å². The molecule has 0 radical (unpaired) electrons. The van der Waals surface area contributed by atoms with Crippen molar-refractivity contribution < 1.29 is 9.18 Å². The highest BCUT2D eigenvalue weighted by molar-refractivity contribution is 7.82. The average molecular weight is 357 g/mol. The van der Waals surface area contributed by atoms with Crippen LogP contribution in [0.25, 0.3) is 0 Å². The van der Waals surface area contributed by atoms with Crippen molar-refractivity contribution in [1.82, 2.24) is 5.32 Å². The molecule has 0 fully saturated rings. The Kier molecular flexibility index (Phi) is 5.71. The van der Waals surface area contributed by atoms with Gasteiger partial charge in [-0.05, 0) is 48.0 Å². The Balaban J connectivity index is 1.92. The van der Waals surface area contributed by atoms with Gasteiger partial charge in [0.15, 0.2) is 4.99 Å². The molecule has 0 saturated carbocycles. The monoisotopic (exact) mass is 356 g/mol. The summed E-state index contributed by atoms with van der Waals surface area (Å²) in [4.78, 5) is 11.9. The van der Waals surface area contributed by atoms with Crippen LogP contribution >= 0.6 is 35.4 Å². The largest absolute Gasteiger partial charge is 0.368 e. The van der Waals surface area contributed by atoms with E-state index in [1.165, 1.54) is 24.3 Å². The van der Waals surface area contributed by atoms with E-state index in [2.05, 4.69) is 10.6 Å². The molecule has 2 rings (SSSR count). The summed E-state index contributed by atoms with van der Waals surface area (Å²) in [6.07, 6.45) is 0. The fourth-order valence-corrected chi connectivity index (χ4v) is 2.16. The third kappa shape index (κ3) is 4.66. The summed E-state index contributed by atoms with van der Waals surface area (Å²) in [7, 11) is 0. The summed E-state index contributed by atoms with van der Waals surface area (Å²) in [6, 6.07) is 10.4. The molecule has 0 unspecified atom stereocenters. The van der Waals surface area contributed by atoms with Crippen LogP contribution in [0.3, 0.4) is 0 Å². The van der Waals surface area contributed by atoms with Crippen molar-refractivity contribution in [2.45, 2.75) is 6.54 Å². The maximum atomic E-state index is 12.8. The third-order valence-corrected chi connectivity index (χ3v) is 3.69. The minimum Gasteiger partial charge on any atom is -0.368 e. The number of hydrogen-bond donors (Lipinski definition) is 2. The Bertz CT molecular complexity index is 707. The second-order valence-electron chi connectivity index (χ2n) is 4.38. The highest BCUT2D eigenvalue weighted by atomic mass is 35.5. The van der Waals surface area contributed by atoms with Crippen molar-refractivity contribution >= 4 is 52.0 Å². The van der Waals surface area contributed by atoms with Gasteiger partial charge < -0.3 is 10.6 Å². The maximum absolute atomic E-state index is 12.8. The summed E-state index contributed by atoms with van der Waals surface area (Å²) < 4.78 is 12.8. The van der Waals surface area contributed by atoms with Crippen molar-refractivity contribution in [2.24, 2.45) is 0 Å². The predicted molar refractivity (Wildman–Crippen MR) is 90.9 cm³/mol. The molecule has 0 atom stereocenters. The van der Waals surface area contributed by atoms with Crippen molar-refractivity contribution in [3.05, 3.63) is 63.9 Å². The van der Waals surface area contributed by atoms with E-state index in [1.807, 2.05) is 0 Å². The van der Waals surface area contributed by atoms with Crippen molar-refractivity contribution in [3.8, 4) is 0 Å². The zero-order valence-corrected chi connectivity index (χ0v) is 13.5. The summed E-state index contributed by atoms with van der Waals surface area (Å²) in [5.74, 6) is -0.867. The van der Waals surface area contributed by atoms with E-state index >= 15 is 0 Å². The third-order valence-electron chi connectivity index (χ3n) is 2.76. The number of amides is 1. The van der Waals surface area contributed by atoms with Gasteiger partial charge in [0.2, 0.25) is 0 Å². The lowest BCUT2D eigenvalue weighted by Gasteiger charge is -2.10. The van der Waals surface area contributed by atoms with Gasteiger partial charge in [-0.2, -0.15) is 0 Å². The molecule has 22 heavy (non-hydrogen) atoms. The molecule has 0 aromatic heterocycles. The number of carbonyl (C=O) groups excluding carboxylic acids is 1. The number of hydrogen-bond acceptors (Lipinski definition) is 2. The molecule has 0 saturated heterocycles. The number of nitrogens with one attached hydrogen (secondary N) is 2. The van der Waals surface area contributed by atoms with Gasteiger partial charge in [-0.25, -0.2) is 4.39 Å². The van der Waals surface area contributed by atoms with Gasteiger partial charge in [0.25, 0.3) is 5.91 Å². The van der Waals surface area contributed by atoms with Crippen LogP contribution in [0.1, 0.15) is 5.56 Å². The number of halogens is 3. The van der Waals surface area contributed by atoms with Crippen LogP contribution in [0.15, 0.2) is 42.5 Å². The van der Waals surface area contributed by atoms with Crippen LogP contribution < -0.4 is 10.6 Å². The summed E-state index contributed by atoms with van der Waals surface area (Å²) in [6.45, 7) is 0.273. The number of carbonyl (C=O) groups is 1. The first-order chi connectivity index (χ1) is 10.5. The highest BCUT2D eigenvalue weighted by Crippen LogP contribution is 2.20. The number of thiocarbonyl (C=S) groups is 1. The predicted octanol–water partition coefficient (Wildman–Crippen LogP) is 4.19. The van der Waals surface area contributed by atoms with Crippen LogP contribution in [0.2, 0.25) is 10.0 Å². The molecule has 0 bridgehead atoms. The zero-order valence-electron chi connectivity index (χ0n) is 11.2. The first kappa shape index (κ1) is 16.7. The molecule has 114 valence electrons. The van der Waals surface area contributed by atoms with Gasteiger partial charge in [-0.15, -0.1) is 0 Å². The van der Waals surface area contributed by atoms with E-state index in [9.17, 15) is 9.18 Å². The standard InChI is InChI=1S/C15H11Cl2FN2OS/c16-10-1-6-13(17)9(7-10)8-19-15(22)14(21)20-12-4-2-11(18)3-5-12/h1-7H,8H2,(H,19,22)(H,20,21). The molecule has 7 heteroatoms. The van der Waals surface area contributed by atoms with E-state index in [0.717, 1.165) is 5.56 Å². The normalized spacial score (nSPS) is 10.1. The fraction of sp³-hybridized carbons (Fsp3) is 0.0667. The zero-order chi connectivity index (χ0) is 16.1. The Morgan fingerprint density at radius 1 is 1.14 bits per heavy atom. The minimum absolute atomic E-state index is 0.000340. The molecule has 1 amide bonds. The molecule has 0 aliphatic heterocycles. The van der Waals surface area contributed by atoms with Gasteiger partial charge in [-0.1, -0.05) is 35.4 Å². The molecular formula is C15H11Cl2FN2OS. The van der Waals surface area contributed by atoms with E-state index in [0.29, 0.717) is 15.7 Å². The Morgan fingerprint density at radius 2 is 1.82 bits per heavy atom. The number of rotatable bonds is 3. The second-order valence-corrected chi connectivity index (χ2v) is 5.63. The Labute approximate surface area is 142 Å². The molecule has 0 aliphatic carbocycles.